The molecule has 0 unspecified atom stereocenters. The Labute approximate surface area is 176 Å². The van der Waals surface area contributed by atoms with Gasteiger partial charge in [0.15, 0.2) is 11.5 Å². The van der Waals surface area contributed by atoms with E-state index >= 15 is 0 Å². The third-order valence-corrected chi connectivity index (χ3v) is 6.00. The zero-order valence-electron chi connectivity index (χ0n) is 16.1. The van der Waals surface area contributed by atoms with Crippen molar-refractivity contribution in [3.63, 3.8) is 0 Å². The highest BCUT2D eigenvalue weighted by atomic mass is 32.1. The van der Waals surface area contributed by atoms with Crippen LogP contribution in [-0.2, 0) is 0 Å². The number of fused-ring (bicyclic) bond motifs is 1. The van der Waals surface area contributed by atoms with Gasteiger partial charge < -0.3 is 21.3 Å². The molecule has 30 heavy (non-hydrogen) atoms. The van der Waals surface area contributed by atoms with Gasteiger partial charge in [-0.1, -0.05) is 0 Å². The Bertz CT molecular complexity index is 1190. The molecule has 10 heteroatoms. The summed E-state index contributed by atoms with van der Waals surface area (Å²) in [5, 5.41) is 12.9. The van der Waals surface area contributed by atoms with Crippen LogP contribution >= 0.6 is 11.3 Å². The highest BCUT2D eigenvalue weighted by molar-refractivity contribution is 7.12. The van der Waals surface area contributed by atoms with E-state index in [1.54, 1.807) is 16.8 Å². The Morgan fingerprint density at radius 2 is 1.97 bits per heavy atom. The summed E-state index contributed by atoms with van der Waals surface area (Å²) in [4.78, 5) is 23.2. The van der Waals surface area contributed by atoms with Crippen molar-refractivity contribution in [2.24, 2.45) is 5.73 Å². The lowest BCUT2D eigenvalue weighted by atomic mass is 10.2. The fraction of sp³-hybridized carbons (Fsp3) is 0.200. The molecule has 4 heterocycles. The van der Waals surface area contributed by atoms with Crippen LogP contribution in [0.25, 0.3) is 16.9 Å². The molecule has 0 aliphatic carbocycles. The molecule has 0 atom stereocenters. The number of nitrogens with two attached hydrogens (primary N) is 1. The predicted molar refractivity (Wildman–Crippen MR) is 117 cm³/mol. The molecular weight excluding hydrogens is 400 g/mol. The Morgan fingerprint density at radius 3 is 2.70 bits per heavy atom. The lowest BCUT2D eigenvalue weighted by Crippen LogP contribution is -2.43. The molecule has 1 aromatic carbocycles. The molecule has 5 rings (SSSR count). The van der Waals surface area contributed by atoms with Crippen LogP contribution in [0.1, 0.15) is 9.67 Å². The molecule has 0 radical (unpaired) electrons. The minimum Gasteiger partial charge on any atom is -0.369 e. The zero-order chi connectivity index (χ0) is 20.5. The summed E-state index contributed by atoms with van der Waals surface area (Å²) in [6.07, 6.45) is 3.20. The monoisotopic (exact) mass is 420 g/mol. The van der Waals surface area contributed by atoms with Crippen LogP contribution in [0.3, 0.4) is 0 Å². The second-order valence-corrected chi connectivity index (χ2v) is 7.87. The number of primary amides is 1. The zero-order valence-corrected chi connectivity index (χ0v) is 16.9. The Kier molecular flexibility index (Phi) is 4.77. The average Bonchev–Trinajstić information content (AvgIpc) is 3.46. The third kappa shape index (κ3) is 3.46. The first kappa shape index (κ1) is 18.5. The number of benzene rings is 1. The maximum atomic E-state index is 11.4. The first-order chi connectivity index (χ1) is 14.7. The van der Waals surface area contributed by atoms with E-state index in [1.807, 2.05) is 17.5 Å². The standard InChI is InChI=1S/C20H20N8OS/c21-18(29)17-9-13(11-30-17)16-10-23-19(20-24-12-25-28(16)20)26-14-1-3-15(4-2-14)27-7-5-22-6-8-27/h1-4,9-12,22H,5-8H2,(H2,21,29)(H,23,26). The topological polar surface area (TPSA) is 113 Å². The second kappa shape index (κ2) is 7.73. The molecule has 4 N–H and O–H groups in total. The van der Waals surface area contributed by atoms with E-state index in [0.29, 0.717) is 16.3 Å². The Hall–Kier alpha value is -3.50. The van der Waals surface area contributed by atoms with Gasteiger partial charge in [0.25, 0.3) is 5.91 Å². The summed E-state index contributed by atoms with van der Waals surface area (Å²) in [6, 6.07) is 10.0. The van der Waals surface area contributed by atoms with Crippen LogP contribution in [-0.4, -0.2) is 51.7 Å². The number of amides is 1. The fourth-order valence-corrected chi connectivity index (χ4v) is 4.27. The smallest absolute Gasteiger partial charge is 0.258 e. The Balaban J connectivity index is 1.41. The number of carbonyl (C=O) groups is 1. The number of aromatic nitrogens is 4. The van der Waals surface area contributed by atoms with Crippen molar-refractivity contribution in [1.82, 2.24) is 24.9 Å². The molecule has 0 bridgehead atoms. The van der Waals surface area contributed by atoms with Crippen molar-refractivity contribution in [3.8, 4) is 11.3 Å². The normalized spacial score (nSPS) is 14.2. The van der Waals surface area contributed by atoms with Gasteiger partial charge in [-0.05, 0) is 30.3 Å². The fourth-order valence-electron chi connectivity index (χ4n) is 3.52. The molecule has 0 saturated carbocycles. The van der Waals surface area contributed by atoms with Gasteiger partial charge in [0, 0.05) is 48.5 Å². The molecule has 1 aliphatic rings. The van der Waals surface area contributed by atoms with E-state index in [1.165, 1.54) is 23.4 Å². The van der Waals surface area contributed by atoms with E-state index in [0.717, 1.165) is 43.1 Å². The maximum absolute atomic E-state index is 11.4. The van der Waals surface area contributed by atoms with Gasteiger partial charge in [0.1, 0.15) is 6.33 Å². The molecule has 1 saturated heterocycles. The van der Waals surface area contributed by atoms with Crippen LogP contribution in [0, 0.1) is 0 Å². The number of rotatable bonds is 5. The Morgan fingerprint density at radius 1 is 1.17 bits per heavy atom. The van der Waals surface area contributed by atoms with Crippen molar-refractivity contribution < 1.29 is 4.79 Å². The van der Waals surface area contributed by atoms with Crippen molar-refractivity contribution in [3.05, 3.63) is 53.1 Å². The number of carbonyl (C=O) groups excluding carboxylic acids is 1. The van der Waals surface area contributed by atoms with Crippen molar-refractivity contribution in [2.45, 2.75) is 0 Å². The van der Waals surface area contributed by atoms with E-state index in [2.05, 4.69) is 42.7 Å². The molecule has 4 aromatic rings. The number of anilines is 3. The minimum atomic E-state index is -0.448. The molecule has 0 spiro atoms. The van der Waals surface area contributed by atoms with E-state index in [-0.39, 0.29) is 0 Å². The van der Waals surface area contributed by atoms with Crippen LogP contribution in [0.15, 0.2) is 48.2 Å². The van der Waals surface area contributed by atoms with Crippen LogP contribution in [0.4, 0.5) is 17.2 Å². The van der Waals surface area contributed by atoms with Crippen molar-refractivity contribution in [2.75, 3.05) is 36.4 Å². The number of piperazine rings is 1. The van der Waals surface area contributed by atoms with Crippen molar-refractivity contribution in [1.29, 1.82) is 0 Å². The number of hydrogen-bond acceptors (Lipinski definition) is 8. The first-order valence-electron chi connectivity index (χ1n) is 9.59. The average molecular weight is 421 g/mol. The van der Waals surface area contributed by atoms with Gasteiger partial charge >= 0.3 is 0 Å². The van der Waals surface area contributed by atoms with E-state index in [4.69, 9.17) is 5.73 Å². The summed E-state index contributed by atoms with van der Waals surface area (Å²) in [6.45, 7) is 4.03. The summed E-state index contributed by atoms with van der Waals surface area (Å²) in [5.41, 5.74) is 9.67. The van der Waals surface area contributed by atoms with E-state index in [9.17, 15) is 4.79 Å². The second-order valence-electron chi connectivity index (χ2n) is 6.96. The number of nitrogens with zero attached hydrogens (tertiary/aromatic N) is 5. The molecule has 152 valence electrons. The molecule has 1 amide bonds. The molecule has 3 aromatic heterocycles. The highest BCUT2D eigenvalue weighted by Gasteiger charge is 2.15. The quantitative estimate of drug-likeness (QED) is 0.453. The van der Waals surface area contributed by atoms with Crippen LogP contribution in [0.2, 0.25) is 0 Å². The lowest BCUT2D eigenvalue weighted by molar-refractivity contribution is 0.100. The summed E-state index contributed by atoms with van der Waals surface area (Å²) in [7, 11) is 0. The summed E-state index contributed by atoms with van der Waals surface area (Å²) < 4.78 is 1.71. The SMILES string of the molecule is NC(=O)c1cc(-c2cnc(Nc3ccc(N4CCNCC4)cc3)c3ncnn23)cs1. The predicted octanol–water partition coefficient (Wildman–Crippen LogP) is 2.10. The molecule has 1 aliphatic heterocycles. The molecule has 1 fully saturated rings. The van der Waals surface area contributed by atoms with Gasteiger partial charge in [-0.25, -0.2) is 14.5 Å². The van der Waals surface area contributed by atoms with Crippen LogP contribution < -0.4 is 21.3 Å². The van der Waals surface area contributed by atoms with Gasteiger partial charge in [-0.2, -0.15) is 5.10 Å². The van der Waals surface area contributed by atoms with Crippen LogP contribution in [0.5, 0.6) is 0 Å². The maximum Gasteiger partial charge on any atom is 0.258 e. The van der Waals surface area contributed by atoms with Crippen molar-refractivity contribution >= 4 is 40.1 Å². The van der Waals surface area contributed by atoms with Gasteiger partial charge in [0.2, 0.25) is 0 Å². The van der Waals surface area contributed by atoms with E-state index < -0.39 is 5.91 Å². The van der Waals surface area contributed by atoms with Gasteiger partial charge in [0.05, 0.1) is 16.8 Å². The largest absolute Gasteiger partial charge is 0.369 e. The molecular formula is C20H20N8OS. The first-order valence-corrected chi connectivity index (χ1v) is 10.5. The number of thiophene rings is 1. The molecule has 9 nitrogen and oxygen atoms in total. The van der Waals surface area contributed by atoms with Gasteiger partial charge in [-0.3, -0.25) is 4.79 Å². The summed E-state index contributed by atoms with van der Waals surface area (Å²) in [5.74, 6) is 0.160. The summed E-state index contributed by atoms with van der Waals surface area (Å²) >= 11 is 1.30. The van der Waals surface area contributed by atoms with Gasteiger partial charge in [-0.15, -0.1) is 11.3 Å². The third-order valence-electron chi connectivity index (χ3n) is 5.05. The lowest BCUT2D eigenvalue weighted by Gasteiger charge is -2.29. The number of nitrogens with one attached hydrogen (secondary N) is 2. The number of hydrogen-bond donors (Lipinski definition) is 3. The highest BCUT2D eigenvalue weighted by Crippen LogP contribution is 2.28. The minimum absolute atomic E-state index is 0.448.